The van der Waals surface area contributed by atoms with Gasteiger partial charge in [0.1, 0.15) is 0 Å². The maximum Gasteiger partial charge on any atom is 0.324 e. The summed E-state index contributed by atoms with van der Waals surface area (Å²) in [5, 5.41) is 0. The summed E-state index contributed by atoms with van der Waals surface area (Å²) in [6, 6.07) is 9.35. The smallest absolute Gasteiger partial charge is 0.324 e. The Morgan fingerprint density at radius 2 is 1.71 bits per heavy atom. The van der Waals surface area contributed by atoms with Gasteiger partial charge in [-0.05, 0) is 25.5 Å². The summed E-state index contributed by atoms with van der Waals surface area (Å²) < 4.78 is 9.68. The third-order valence-corrected chi connectivity index (χ3v) is 3.45. The maximum atomic E-state index is 12.3. The average molecular weight is 326 g/mol. The van der Waals surface area contributed by atoms with Gasteiger partial charge in [-0.2, -0.15) is 0 Å². The summed E-state index contributed by atoms with van der Waals surface area (Å²) in [5.74, 6) is 4.56. The molecule has 0 saturated carbocycles. The Bertz CT molecular complexity index is 644. The molecule has 0 spiro atoms. The van der Waals surface area contributed by atoms with E-state index in [4.69, 9.17) is 9.47 Å². The second kappa shape index (κ2) is 10.1. The molecule has 1 aromatic rings. The van der Waals surface area contributed by atoms with E-state index in [1.807, 2.05) is 49.4 Å². The quantitative estimate of drug-likeness (QED) is 0.348. The number of carbonyl (C=O) groups excluding carboxylic acids is 2. The number of hydrogen-bond donors (Lipinski definition) is 0. The second-order valence-corrected chi connectivity index (χ2v) is 5.07. The zero-order valence-electron chi connectivity index (χ0n) is 14.2. The van der Waals surface area contributed by atoms with E-state index in [9.17, 15) is 9.59 Å². The van der Waals surface area contributed by atoms with Crippen LogP contribution in [0.2, 0.25) is 0 Å². The Labute approximate surface area is 143 Å². The summed E-state index contributed by atoms with van der Waals surface area (Å²) in [4.78, 5) is 24.6. The van der Waals surface area contributed by atoms with Crippen LogP contribution in [0.4, 0.5) is 0 Å². The molecule has 0 N–H and O–H groups in total. The number of allylic oxidation sites excluding steroid dienone is 4. The molecule has 0 aliphatic carbocycles. The minimum absolute atomic E-state index is 0.0153. The van der Waals surface area contributed by atoms with Crippen LogP contribution in [-0.4, -0.2) is 26.2 Å². The van der Waals surface area contributed by atoms with Crippen LogP contribution < -0.4 is 0 Å². The van der Waals surface area contributed by atoms with Gasteiger partial charge >= 0.3 is 11.9 Å². The Balaban J connectivity index is 3.12. The summed E-state index contributed by atoms with van der Waals surface area (Å²) in [5.41, 5.74) is -0.658. The first kappa shape index (κ1) is 19.2. The van der Waals surface area contributed by atoms with E-state index in [1.165, 1.54) is 14.2 Å². The monoisotopic (exact) mass is 326 g/mol. The van der Waals surface area contributed by atoms with Crippen molar-refractivity contribution in [1.82, 2.24) is 0 Å². The number of benzene rings is 1. The number of hydrogen-bond acceptors (Lipinski definition) is 4. The summed E-state index contributed by atoms with van der Waals surface area (Å²) in [6.07, 6.45) is 7.34. The lowest BCUT2D eigenvalue weighted by Crippen LogP contribution is -2.40. The van der Waals surface area contributed by atoms with Gasteiger partial charge in [0.15, 0.2) is 5.41 Å². The fraction of sp³-hybridized carbons (Fsp3) is 0.300. The predicted molar refractivity (Wildman–Crippen MR) is 93.0 cm³/mol. The summed E-state index contributed by atoms with van der Waals surface area (Å²) in [7, 11) is 2.50. The Morgan fingerprint density at radius 1 is 1.08 bits per heavy atom. The van der Waals surface area contributed by atoms with E-state index < -0.39 is 17.4 Å². The van der Waals surface area contributed by atoms with Crippen molar-refractivity contribution in [3.8, 4) is 11.8 Å². The van der Waals surface area contributed by atoms with Crippen LogP contribution in [0.5, 0.6) is 0 Å². The van der Waals surface area contributed by atoms with Crippen LogP contribution in [-0.2, 0) is 19.1 Å². The SMILES string of the molecule is C/C=C/C=C/CC(CC#Cc1ccccc1)(C(=O)OC)C(=O)OC. The van der Waals surface area contributed by atoms with E-state index in [2.05, 4.69) is 11.8 Å². The molecule has 0 saturated heterocycles. The van der Waals surface area contributed by atoms with Crippen molar-refractivity contribution in [1.29, 1.82) is 0 Å². The standard InChI is InChI=1S/C20H22O4/c1-4-5-6-10-15-20(18(21)23-2,19(22)24-3)16-11-14-17-12-8-7-9-13-17/h4-10,12-13H,15-16H2,1-3H3/b5-4+,10-6+. The molecule has 0 fully saturated rings. The van der Waals surface area contributed by atoms with E-state index in [-0.39, 0.29) is 12.8 Å². The van der Waals surface area contributed by atoms with E-state index in [0.717, 1.165) is 5.56 Å². The second-order valence-electron chi connectivity index (χ2n) is 5.07. The summed E-state index contributed by atoms with van der Waals surface area (Å²) in [6.45, 7) is 1.88. The van der Waals surface area contributed by atoms with E-state index >= 15 is 0 Å². The number of methoxy groups -OCH3 is 2. The van der Waals surface area contributed by atoms with Crippen LogP contribution in [0.25, 0.3) is 0 Å². The average Bonchev–Trinajstić information content (AvgIpc) is 2.63. The molecule has 4 nitrogen and oxygen atoms in total. The minimum Gasteiger partial charge on any atom is -0.468 e. The molecule has 0 aliphatic heterocycles. The number of esters is 2. The van der Waals surface area contributed by atoms with E-state index in [1.54, 1.807) is 12.2 Å². The highest BCUT2D eigenvalue weighted by Crippen LogP contribution is 2.30. The van der Waals surface area contributed by atoms with Crippen LogP contribution in [0.1, 0.15) is 25.3 Å². The van der Waals surface area contributed by atoms with E-state index in [0.29, 0.717) is 0 Å². The Morgan fingerprint density at radius 3 is 2.25 bits per heavy atom. The van der Waals surface area contributed by atoms with Gasteiger partial charge in [0.2, 0.25) is 0 Å². The Hall–Kier alpha value is -2.80. The molecule has 0 aliphatic rings. The first-order valence-electron chi connectivity index (χ1n) is 7.59. The van der Waals surface area contributed by atoms with Gasteiger partial charge in [-0.15, -0.1) is 0 Å². The molecular formula is C20H22O4. The fourth-order valence-corrected chi connectivity index (χ4v) is 2.13. The third-order valence-electron chi connectivity index (χ3n) is 3.45. The topological polar surface area (TPSA) is 52.6 Å². The molecule has 0 aromatic heterocycles. The van der Waals surface area contributed by atoms with Gasteiger partial charge in [0, 0.05) is 12.0 Å². The molecule has 0 heterocycles. The predicted octanol–water partition coefficient (Wildman–Crippen LogP) is 3.28. The van der Waals surface area contributed by atoms with Gasteiger partial charge in [0.05, 0.1) is 14.2 Å². The lowest BCUT2D eigenvalue weighted by molar-refractivity contribution is -0.168. The van der Waals surface area contributed by atoms with Crippen molar-refractivity contribution < 1.29 is 19.1 Å². The first-order chi connectivity index (χ1) is 11.6. The van der Waals surface area contributed by atoms with Crippen LogP contribution in [0.3, 0.4) is 0 Å². The van der Waals surface area contributed by atoms with Gasteiger partial charge in [-0.25, -0.2) is 0 Å². The van der Waals surface area contributed by atoms with Crippen molar-refractivity contribution in [2.24, 2.45) is 5.41 Å². The van der Waals surface area contributed by atoms with Crippen molar-refractivity contribution in [3.05, 3.63) is 60.2 Å². The fourth-order valence-electron chi connectivity index (χ4n) is 2.13. The van der Waals surface area contributed by atoms with Gasteiger partial charge in [0.25, 0.3) is 0 Å². The van der Waals surface area contributed by atoms with Gasteiger partial charge in [-0.1, -0.05) is 54.3 Å². The van der Waals surface area contributed by atoms with Crippen molar-refractivity contribution in [2.75, 3.05) is 14.2 Å². The molecule has 126 valence electrons. The molecule has 0 radical (unpaired) electrons. The maximum absolute atomic E-state index is 12.3. The normalized spacial score (nSPS) is 11.1. The van der Waals surface area contributed by atoms with Crippen molar-refractivity contribution in [2.45, 2.75) is 19.8 Å². The lowest BCUT2D eigenvalue weighted by atomic mass is 9.81. The van der Waals surface area contributed by atoms with Gasteiger partial charge < -0.3 is 9.47 Å². The first-order valence-corrected chi connectivity index (χ1v) is 7.59. The number of ether oxygens (including phenoxy) is 2. The molecule has 4 heteroatoms. The largest absolute Gasteiger partial charge is 0.468 e. The van der Waals surface area contributed by atoms with Gasteiger partial charge in [-0.3, -0.25) is 9.59 Å². The molecule has 0 bridgehead atoms. The number of carbonyl (C=O) groups is 2. The highest BCUT2D eigenvalue weighted by Gasteiger charge is 2.47. The molecule has 0 atom stereocenters. The highest BCUT2D eigenvalue weighted by molar-refractivity contribution is 6.00. The molecule has 1 aromatic carbocycles. The lowest BCUT2D eigenvalue weighted by Gasteiger charge is -2.24. The molecular weight excluding hydrogens is 304 g/mol. The van der Waals surface area contributed by atoms with Crippen LogP contribution in [0, 0.1) is 17.3 Å². The zero-order valence-corrected chi connectivity index (χ0v) is 14.2. The molecule has 24 heavy (non-hydrogen) atoms. The van der Waals surface area contributed by atoms with Crippen LogP contribution >= 0.6 is 0 Å². The molecule has 0 amide bonds. The molecule has 1 rings (SSSR count). The summed E-state index contributed by atoms with van der Waals surface area (Å²) >= 11 is 0. The third kappa shape index (κ3) is 5.13. The van der Waals surface area contributed by atoms with Crippen molar-refractivity contribution in [3.63, 3.8) is 0 Å². The highest BCUT2D eigenvalue weighted by atomic mass is 16.5. The molecule has 0 unspecified atom stereocenters. The zero-order chi connectivity index (χ0) is 17.8. The van der Waals surface area contributed by atoms with Crippen molar-refractivity contribution >= 4 is 11.9 Å². The minimum atomic E-state index is -1.47. The Kier molecular flexibility index (Phi) is 8.07. The van der Waals surface area contributed by atoms with Crippen LogP contribution in [0.15, 0.2) is 54.6 Å². The number of rotatable bonds is 6.